The van der Waals surface area contributed by atoms with E-state index in [0.29, 0.717) is 6.61 Å². The highest BCUT2D eigenvalue weighted by atomic mass is 16.5. The molecule has 16 heavy (non-hydrogen) atoms. The van der Waals surface area contributed by atoms with Crippen LogP contribution in [0.25, 0.3) is 0 Å². The molecule has 0 saturated heterocycles. The highest BCUT2D eigenvalue weighted by molar-refractivity contribution is 5.39. The molecule has 1 N–H and O–H groups in total. The Morgan fingerprint density at radius 2 is 1.94 bits per heavy atom. The van der Waals surface area contributed by atoms with E-state index in [-0.39, 0.29) is 12.0 Å². The molecule has 0 heterocycles. The molecular formula is C13H20O3. The molecule has 0 aliphatic rings. The number of hydrogen-bond donors (Lipinski definition) is 1. The number of aliphatic hydroxyl groups is 1. The fourth-order valence-corrected chi connectivity index (χ4v) is 1.68. The van der Waals surface area contributed by atoms with Crippen molar-refractivity contribution in [3.63, 3.8) is 0 Å². The summed E-state index contributed by atoms with van der Waals surface area (Å²) in [5.74, 6) is 0.802. The van der Waals surface area contributed by atoms with Gasteiger partial charge in [0.2, 0.25) is 0 Å². The van der Waals surface area contributed by atoms with Crippen LogP contribution in [0.4, 0.5) is 0 Å². The summed E-state index contributed by atoms with van der Waals surface area (Å²) >= 11 is 0. The van der Waals surface area contributed by atoms with E-state index in [1.165, 1.54) is 0 Å². The maximum atomic E-state index is 9.42. The van der Waals surface area contributed by atoms with Crippen molar-refractivity contribution in [2.75, 3.05) is 20.8 Å². The molecule has 0 aromatic heterocycles. The largest absolute Gasteiger partial charge is 0.497 e. The van der Waals surface area contributed by atoms with Gasteiger partial charge in [-0.15, -0.1) is 0 Å². The third kappa shape index (κ3) is 2.74. The summed E-state index contributed by atoms with van der Waals surface area (Å²) in [7, 11) is 3.31. The van der Waals surface area contributed by atoms with E-state index >= 15 is 0 Å². The quantitative estimate of drug-likeness (QED) is 0.832. The van der Waals surface area contributed by atoms with Crippen LogP contribution in [0.3, 0.4) is 0 Å². The lowest BCUT2D eigenvalue weighted by Gasteiger charge is -2.25. The number of rotatable bonds is 5. The van der Waals surface area contributed by atoms with Crippen molar-refractivity contribution in [1.82, 2.24) is 0 Å². The van der Waals surface area contributed by atoms with Crippen molar-refractivity contribution < 1.29 is 14.6 Å². The van der Waals surface area contributed by atoms with Crippen LogP contribution in [0.5, 0.6) is 5.75 Å². The van der Waals surface area contributed by atoms with Crippen molar-refractivity contribution in [3.8, 4) is 5.75 Å². The summed E-state index contributed by atoms with van der Waals surface area (Å²) in [6.45, 7) is 4.64. The zero-order valence-corrected chi connectivity index (χ0v) is 10.4. The van der Waals surface area contributed by atoms with Crippen LogP contribution in [0, 0.1) is 0 Å². The second kappa shape index (κ2) is 5.32. The number of methoxy groups -OCH3 is 2. The molecule has 0 aliphatic heterocycles. The molecular weight excluding hydrogens is 204 g/mol. The molecule has 0 atom stereocenters. The number of ether oxygens (including phenoxy) is 2. The third-order valence-corrected chi connectivity index (χ3v) is 2.74. The van der Waals surface area contributed by atoms with Gasteiger partial charge >= 0.3 is 0 Å². The Morgan fingerprint density at radius 3 is 2.44 bits per heavy atom. The number of benzene rings is 1. The van der Waals surface area contributed by atoms with Gasteiger partial charge in [0, 0.05) is 12.5 Å². The smallest absolute Gasteiger partial charge is 0.119 e. The Morgan fingerprint density at radius 1 is 1.25 bits per heavy atom. The Bertz CT molecular complexity index is 345. The fraction of sp³-hybridized carbons (Fsp3) is 0.538. The number of hydrogen-bond acceptors (Lipinski definition) is 3. The maximum Gasteiger partial charge on any atom is 0.119 e. The van der Waals surface area contributed by atoms with Gasteiger partial charge in [-0.25, -0.2) is 0 Å². The van der Waals surface area contributed by atoms with E-state index < -0.39 is 0 Å². The second-order valence-electron chi connectivity index (χ2n) is 4.50. The summed E-state index contributed by atoms with van der Waals surface area (Å²) in [5, 5.41) is 9.42. The Labute approximate surface area is 97.0 Å². The molecule has 0 spiro atoms. The average Bonchev–Trinajstić information content (AvgIpc) is 2.30. The fourth-order valence-electron chi connectivity index (χ4n) is 1.68. The van der Waals surface area contributed by atoms with Gasteiger partial charge < -0.3 is 14.6 Å². The van der Waals surface area contributed by atoms with Gasteiger partial charge in [0.05, 0.1) is 20.3 Å². The normalized spacial score (nSPS) is 11.6. The first-order chi connectivity index (χ1) is 7.55. The molecule has 1 aromatic rings. The minimum Gasteiger partial charge on any atom is -0.497 e. The van der Waals surface area contributed by atoms with Gasteiger partial charge in [-0.3, -0.25) is 0 Å². The van der Waals surface area contributed by atoms with Crippen molar-refractivity contribution in [3.05, 3.63) is 29.3 Å². The van der Waals surface area contributed by atoms with Gasteiger partial charge in [0.25, 0.3) is 0 Å². The zero-order valence-electron chi connectivity index (χ0n) is 10.4. The van der Waals surface area contributed by atoms with Gasteiger partial charge in [0.1, 0.15) is 5.75 Å². The van der Waals surface area contributed by atoms with Crippen LogP contribution in [-0.4, -0.2) is 25.9 Å². The first kappa shape index (κ1) is 13.0. The van der Waals surface area contributed by atoms with Crippen LogP contribution in [0.1, 0.15) is 25.0 Å². The van der Waals surface area contributed by atoms with Crippen molar-refractivity contribution >= 4 is 0 Å². The molecule has 0 unspecified atom stereocenters. The van der Waals surface area contributed by atoms with Crippen LogP contribution in [0.2, 0.25) is 0 Å². The zero-order chi connectivity index (χ0) is 12.2. The number of aliphatic hydroxyl groups excluding tert-OH is 1. The van der Waals surface area contributed by atoms with E-state index in [9.17, 15) is 5.11 Å². The molecule has 90 valence electrons. The molecule has 3 nitrogen and oxygen atoms in total. The SMILES string of the molecule is COCc1ccc(OC)cc1C(C)(C)CO. The third-order valence-electron chi connectivity index (χ3n) is 2.74. The standard InChI is InChI=1S/C13H20O3/c1-13(2,9-14)12-7-11(16-4)6-5-10(12)8-15-3/h5-7,14H,8-9H2,1-4H3. The van der Waals surface area contributed by atoms with Crippen molar-refractivity contribution in [2.24, 2.45) is 0 Å². The van der Waals surface area contributed by atoms with Crippen LogP contribution < -0.4 is 4.74 Å². The van der Waals surface area contributed by atoms with Crippen LogP contribution in [0.15, 0.2) is 18.2 Å². The lowest BCUT2D eigenvalue weighted by Crippen LogP contribution is -2.24. The molecule has 1 aromatic carbocycles. The molecule has 1 rings (SSSR count). The maximum absolute atomic E-state index is 9.42. The summed E-state index contributed by atoms with van der Waals surface area (Å²) in [6, 6.07) is 5.85. The first-order valence-electron chi connectivity index (χ1n) is 5.32. The highest BCUT2D eigenvalue weighted by Gasteiger charge is 2.23. The molecule has 3 heteroatoms. The first-order valence-corrected chi connectivity index (χ1v) is 5.32. The highest BCUT2D eigenvalue weighted by Crippen LogP contribution is 2.29. The topological polar surface area (TPSA) is 38.7 Å². The summed E-state index contributed by atoms with van der Waals surface area (Å²) < 4.78 is 10.4. The second-order valence-corrected chi connectivity index (χ2v) is 4.50. The summed E-state index contributed by atoms with van der Waals surface area (Å²) in [5.41, 5.74) is 1.86. The molecule has 0 radical (unpaired) electrons. The molecule has 0 saturated carbocycles. The van der Waals surface area contributed by atoms with E-state index in [0.717, 1.165) is 16.9 Å². The minimum atomic E-state index is -0.289. The Kier molecular flexibility index (Phi) is 4.33. The van der Waals surface area contributed by atoms with Crippen LogP contribution in [-0.2, 0) is 16.8 Å². The van der Waals surface area contributed by atoms with Gasteiger partial charge in [0.15, 0.2) is 0 Å². The van der Waals surface area contributed by atoms with Crippen molar-refractivity contribution in [2.45, 2.75) is 25.9 Å². The lowest BCUT2D eigenvalue weighted by molar-refractivity contribution is 0.178. The van der Waals surface area contributed by atoms with Crippen LogP contribution >= 0.6 is 0 Å². The van der Waals surface area contributed by atoms with E-state index in [1.54, 1.807) is 14.2 Å². The lowest BCUT2D eigenvalue weighted by atomic mass is 9.82. The van der Waals surface area contributed by atoms with E-state index in [1.807, 2.05) is 32.0 Å². The van der Waals surface area contributed by atoms with Gasteiger partial charge in [-0.2, -0.15) is 0 Å². The van der Waals surface area contributed by atoms with Crippen molar-refractivity contribution in [1.29, 1.82) is 0 Å². The van der Waals surface area contributed by atoms with Gasteiger partial charge in [-0.05, 0) is 23.3 Å². The monoisotopic (exact) mass is 224 g/mol. The molecule has 0 bridgehead atoms. The molecule has 0 amide bonds. The van der Waals surface area contributed by atoms with Gasteiger partial charge in [-0.1, -0.05) is 19.9 Å². The molecule has 0 aliphatic carbocycles. The Hall–Kier alpha value is -1.06. The minimum absolute atomic E-state index is 0.0941. The summed E-state index contributed by atoms with van der Waals surface area (Å²) in [6.07, 6.45) is 0. The summed E-state index contributed by atoms with van der Waals surface area (Å²) in [4.78, 5) is 0. The predicted octanol–water partition coefficient (Wildman–Crippen LogP) is 2.11. The Balaban J connectivity index is 3.19. The van der Waals surface area contributed by atoms with E-state index in [2.05, 4.69) is 0 Å². The average molecular weight is 224 g/mol. The van der Waals surface area contributed by atoms with E-state index in [4.69, 9.17) is 9.47 Å². The predicted molar refractivity (Wildman–Crippen MR) is 63.8 cm³/mol. The molecule has 0 fully saturated rings.